The van der Waals surface area contributed by atoms with Crippen LogP contribution in [0, 0.1) is 0 Å². The van der Waals surface area contributed by atoms with Gasteiger partial charge in [0.2, 0.25) is 0 Å². The van der Waals surface area contributed by atoms with Gasteiger partial charge in [-0.2, -0.15) is 0 Å². The Bertz CT molecular complexity index is 4850. The van der Waals surface area contributed by atoms with Crippen molar-refractivity contribution in [3.05, 3.63) is 181 Å². The fourth-order valence-corrected chi connectivity index (χ4v) is 6.48. The smallest absolute Gasteiger partial charge is 0.136 e. The molecule has 236 valence electrons. The first kappa shape index (κ1) is 11.7. The number of rotatable bonds is 3. The summed E-state index contributed by atoms with van der Waals surface area (Å²) in [7, 11) is 0. The molecule has 0 aliphatic heterocycles. The SMILES string of the molecule is [2H]c1c([2H])c(-c2c([2H])c(-c3c4c([2H])c([2H])c([2H])c([2H])c4c(-c4c([2H])c([2H])c5c([2H])c([2H])c([2H])c([2H])c5c4[2H])c4c([2H])c([2H])c([2H])c([2H])c34)c([2H])c3c([2H])c([2H])c([2H])c([2H])c23)c2c(oc3c([2H])c([2H])c4c([2H])c([2H])c([2H])c([2H])c4c32)c1[2H]. The first-order chi connectivity index (χ1) is 37.8. The van der Waals surface area contributed by atoms with Crippen LogP contribution in [-0.2, 0) is 0 Å². The minimum Gasteiger partial charge on any atom is -0.456 e. The Kier molecular flexibility index (Phi) is 2.50. The molecule has 0 saturated heterocycles. The Balaban J connectivity index is 1.50. The molecule has 11 rings (SSSR count). The second-order valence-electron chi connectivity index (χ2n) is 11.3. The summed E-state index contributed by atoms with van der Waals surface area (Å²) in [6, 6.07) is -29.0. The van der Waals surface area contributed by atoms with Gasteiger partial charge >= 0.3 is 0 Å². The Morgan fingerprint density at radius 2 is 0.843 bits per heavy atom. The second-order valence-corrected chi connectivity index (χ2v) is 11.3. The highest BCUT2D eigenvalue weighted by Crippen LogP contribution is 2.47. The van der Waals surface area contributed by atoms with Crippen molar-refractivity contribution in [1.82, 2.24) is 0 Å². The fraction of sp³-hybridized carbons (Fsp3) is 0. The third-order valence-corrected chi connectivity index (χ3v) is 8.57. The van der Waals surface area contributed by atoms with Crippen LogP contribution in [-0.4, -0.2) is 0 Å². The maximum Gasteiger partial charge on any atom is 0.136 e. The van der Waals surface area contributed by atoms with Crippen LogP contribution in [0.4, 0.5) is 0 Å². The van der Waals surface area contributed by atoms with Crippen LogP contribution >= 0.6 is 0 Å². The van der Waals surface area contributed by atoms with E-state index < -0.39 is 290 Å². The van der Waals surface area contributed by atoms with Gasteiger partial charge in [0.15, 0.2) is 0 Å². The molecular formula is C50H30O. The Labute approximate surface area is 336 Å². The highest BCUT2D eigenvalue weighted by Gasteiger charge is 2.20. The van der Waals surface area contributed by atoms with Crippen molar-refractivity contribution >= 4 is 75.8 Å². The zero-order chi connectivity index (χ0) is 59.6. The zero-order valence-corrected chi connectivity index (χ0v) is 25.4. The lowest BCUT2D eigenvalue weighted by atomic mass is 9.84. The number of furan rings is 1. The minimum absolute atomic E-state index is 0.496. The molecule has 1 heteroatoms. The third kappa shape index (κ3) is 4.22. The van der Waals surface area contributed by atoms with E-state index in [0.29, 0.717) is 0 Å². The summed E-state index contributed by atoms with van der Waals surface area (Å²) in [5, 5.41) is -8.30. The zero-order valence-electron chi connectivity index (χ0n) is 55.4. The molecule has 0 aliphatic carbocycles. The number of hydrogen-bond donors (Lipinski definition) is 0. The highest BCUT2D eigenvalue weighted by atomic mass is 16.3. The molecule has 0 fully saturated rings. The van der Waals surface area contributed by atoms with Gasteiger partial charge in [-0.3, -0.25) is 0 Å². The average molecular weight is 677 g/mol. The van der Waals surface area contributed by atoms with Gasteiger partial charge in [-0.05, 0) is 117 Å². The van der Waals surface area contributed by atoms with Crippen molar-refractivity contribution in [2.45, 2.75) is 0 Å². The van der Waals surface area contributed by atoms with E-state index in [9.17, 15) is 15.1 Å². The molecule has 51 heavy (non-hydrogen) atoms. The van der Waals surface area contributed by atoms with Crippen LogP contribution in [0.5, 0.6) is 0 Å². The van der Waals surface area contributed by atoms with Gasteiger partial charge in [-0.25, -0.2) is 0 Å². The standard InChI is InChI=1S/C50H30O/c1-2-14-33-28-35(25-24-31(33)12-1)47-39-18-7-9-20-41(39)48(42-21-10-8-19-40(42)47)36-29-34-15-4-5-16-37(34)44(30-36)43-22-11-23-45-50(43)49-38-17-6-3-13-32(38)26-27-46(49)51-45/h1-30H/i1D,2D,3D,4D,5D,6D,7D,8D,9D,10D,11D,12D,13D,14D,15D,16D,17D,18D,19D,20D,21D,22D,23D,24D,25D,26D,27D,28D,29D,30D. The molecular weight excluding hydrogens is 617 g/mol. The maximum absolute atomic E-state index is 10.4. The molecule has 1 nitrogen and oxygen atoms in total. The summed E-state index contributed by atoms with van der Waals surface area (Å²) in [5.41, 5.74) is -6.36. The van der Waals surface area contributed by atoms with E-state index in [2.05, 4.69) is 0 Å². The molecule has 0 unspecified atom stereocenters. The van der Waals surface area contributed by atoms with Crippen LogP contribution in [0.2, 0.25) is 0 Å². The lowest BCUT2D eigenvalue weighted by molar-refractivity contribution is 0.669. The van der Waals surface area contributed by atoms with Gasteiger partial charge in [0.1, 0.15) is 11.2 Å². The highest BCUT2D eigenvalue weighted by molar-refractivity contribution is 6.25. The molecule has 1 heterocycles. The van der Waals surface area contributed by atoms with Crippen LogP contribution in [0.1, 0.15) is 41.1 Å². The Morgan fingerprint density at radius 1 is 0.314 bits per heavy atom. The predicted molar refractivity (Wildman–Crippen MR) is 218 cm³/mol. The first-order valence-corrected chi connectivity index (χ1v) is 15.2. The summed E-state index contributed by atoms with van der Waals surface area (Å²) >= 11 is 0. The van der Waals surface area contributed by atoms with E-state index >= 15 is 0 Å². The molecule has 0 N–H and O–H groups in total. The summed E-state index contributed by atoms with van der Waals surface area (Å²) in [6.07, 6.45) is 0. The summed E-state index contributed by atoms with van der Waals surface area (Å²) in [6.45, 7) is 0. The molecule has 0 saturated carbocycles. The Hall–Kier alpha value is -6.70. The maximum atomic E-state index is 10.4. The van der Waals surface area contributed by atoms with E-state index in [-0.39, 0.29) is 0 Å². The van der Waals surface area contributed by atoms with Crippen molar-refractivity contribution < 1.29 is 45.5 Å². The number of hydrogen-bond acceptors (Lipinski definition) is 1. The van der Waals surface area contributed by atoms with Crippen molar-refractivity contribution in [1.29, 1.82) is 0 Å². The van der Waals surface area contributed by atoms with Gasteiger partial charge in [-0.15, -0.1) is 0 Å². The van der Waals surface area contributed by atoms with E-state index in [1.54, 1.807) is 0 Å². The monoisotopic (exact) mass is 676 g/mol. The van der Waals surface area contributed by atoms with Crippen molar-refractivity contribution in [3.8, 4) is 33.4 Å². The van der Waals surface area contributed by atoms with Crippen molar-refractivity contribution in [2.24, 2.45) is 0 Å². The van der Waals surface area contributed by atoms with E-state index in [4.69, 9.17) is 30.5 Å². The van der Waals surface area contributed by atoms with Crippen LogP contribution in [0.15, 0.2) is 186 Å². The van der Waals surface area contributed by atoms with Gasteiger partial charge < -0.3 is 4.42 Å². The van der Waals surface area contributed by atoms with Gasteiger partial charge in [0.05, 0.1) is 41.1 Å². The molecule has 0 atom stereocenters. The lowest BCUT2D eigenvalue weighted by Crippen LogP contribution is -1.92. The Morgan fingerprint density at radius 3 is 1.57 bits per heavy atom. The predicted octanol–water partition coefficient (Wildman–Crippen LogP) is 14.4. The average Bonchev–Trinajstić information content (AvgIpc) is 4.10. The normalized spacial score (nSPS) is 20.2. The molecule has 11 aromatic rings. The minimum atomic E-state index is -1.14. The molecule has 10 aromatic carbocycles. The molecule has 0 radical (unpaired) electrons. The topological polar surface area (TPSA) is 13.1 Å². The fourth-order valence-electron chi connectivity index (χ4n) is 6.48. The van der Waals surface area contributed by atoms with E-state index in [0.717, 1.165) is 0 Å². The number of benzene rings is 10. The van der Waals surface area contributed by atoms with E-state index in [1.807, 2.05) is 0 Å². The van der Waals surface area contributed by atoms with Gasteiger partial charge in [0.25, 0.3) is 0 Å². The first-order valence-electron chi connectivity index (χ1n) is 30.2. The molecule has 0 amide bonds. The van der Waals surface area contributed by atoms with Gasteiger partial charge in [0, 0.05) is 10.8 Å². The summed E-state index contributed by atoms with van der Waals surface area (Å²) in [5.74, 6) is 0. The summed E-state index contributed by atoms with van der Waals surface area (Å²) < 4.78 is 280. The van der Waals surface area contributed by atoms with Crippen LogP contribution < -0.4 is 0 Å². The molecule has 0 aliphatic rings. The quantitative estimate of drug-likeness (QED) is 0.170. The van der Waals surface area contributed by atoms with Crippen molar-refractivity contribution in [2.75, 3.05) is 0 Å². The second kappa shape index (κ2) is 10.9. The third-order valence-electron chi connectivity index (χ3n) is 8.57. The molecule has 0 spiro atoms. The van der Waals surface area contributed by atoms with Crippen LogP contribution in [0.25, 0.3) is 109 Å². The molecule has 1 aromatic heterocycles. The van der Waals surface area contributed by atoms with E-state index in [1.165, 1.54) is 0 Å². The van der Waals surface area contributed by atoms with Crippen molar-refractivity contribution in [3.63, 3.8) is 0 Å². The van der Waals surface area contributed by atoms with Gasteiger partial charge in [-0.1, -0.05) is 151 Å². The van der Waals surface area contributed by atoms with Crippen LogP contribution in [0.3, 0.4) is 0 Å². The lowest BCUT2D eigenvalue weighted by Gasteiger charge is -2.19. The largest absolute Gasteiger partial charge is 0.456 e. The molecule has 0 bridgehead atoms. The summed E-state index contributed by atoms with van der Waals surface area (Å²) in [4.78, 5) is 0. The number of fused-ring (bicyclic) bond motifs is 9.